The van der Waals surface area contributed by atoms with Crippen LogP contribution in [0.5, 0.6) is 0 Å². The van der Waals surface area contributed by atoms with Crippen LogP contribution in [0, 0.1) is 16.0 Å². The third kappa shape index (κ3) is 3.97. The minimum Gasteiger partial charge on any atom is -0.481 e. The second-order valence-electron chi connectivity index (χ2n) is 6.53. The summed E-state index contributed by atoms with van der Waals surface area (Å²) in [7, 11) is -5.02. The zero-order valence-electron chi connectivity index (χ0n) is 15.2. The van der Waals surface area contributed by atoms with Gasteiger partial charge in [0.25, 0.3) is 5.69 Å². The number of nitrogens with zero attached hydrogens (tertiary/aromatic N) is 2. The van der Waals surface area contributed by atoms with Crippen molar-refractivity contribution in [3.05, 3.63) is 70.3 Å². The third-order valence-corrected chi connectivity index (χ3v) is 5.56. The highest BCUT2D eigenvalue weighted by molar-refractivity contribution is 7.87. The molecule has 0 fully saturated rings. The summed E-state index contributed by atoms with van der Waals surface area (Å²) in [6.07, 6.45) is 0. The average Bonchev–Trinajstić information content (AvgIpc) is 2.61. The second kappa shape index (κ2) is 7.95. The zero-order chi connectivity index (χ0) is 21.1. The van der Waals surface area contributed by atoms with E-state index in [9.17, 15) is 33.0 Å². The summed E-state index contributed by atoms with van der Waals surface area (Å²) in [6, 6.07) is 12.9. The predicted octanol–water partition coefficient (Wildman–Crippen LogP) is 2.88. The number of benzene rings is 2. The van der Waals surface area contributed by atoms with Gasteiger partial charge in [-0.2, -0.15) is 8.42 Å². The summed E-state index contributed by atoms with van der Waals surface area (Å²) in [5.74, 6) is -1.93. The van der Waals surface area contributed by atoms with E-state index in [2.05, 4.69) is 0 Å². The Hall–Kier alpha value is -2.98. The number of nitro groups is 1. The molecule has 150 valence electrons. The van der Waals surface area contributed by atoms with E-state index >= 15 is 0 Å². The van der Waals surface area contributed by atoms with E-state index in [1.165, 1.54) is 24.3 Å². The van der Waals surface area contributed by atoms with Gasteiger partial charge < -0.3 is 5.11 Å². The average molecular weight is 408 g/mol. The lowest BCUT2D eigenvalue weighted by Gasteiger charge is -2.37. The number of rotatable bonds is 8. The van der Waals surface area contributed by atoms with Crippen LogP contribution in [-0.4, -0.2) is 35.5 Å². The minimum absolute atomic E-state index is 0.310. The van der Waals surface area contributed by atoms with Crippen LogP contribution in [0.3, 0.4) is 0 Å². The number of hydrogen-bond acceptors (Lipinski definition) is 5. The fourth-order valence-electron chi connectivity index (χ4n) is 3.13. The lowest BCUT2D eigenvalue weighted by molar-refractivity contribution is -0.384. The fourth-order valence-corrected chi connectivity index (χ4v) is 3.90. The van der Waals surface area contributed by atoms with Crippen molar-refractivity contribution in [2.75, 3.05) is 10.8 Å². The van der Waals surface area contributed by atoms with Crippen molar-refractivity contribution < 1.29 is 27.8 Å². The molecule has 0 unspecified atom stereocenters. The minimum atomic E-state index is -5.02. The molecule has 2 aromatic rings. The summed E-state index contributed by atoms with van der Waals surface area (Å²) in [5.41, 5.74) is -2.45. The molecular weight excluding hydrogens is 388 g/mol. The number of carboxylic acid groups (broad SMARTS) is 1. The summed E-state index contributed by atoms with van der Waals surface area (Å²) in [5, 5.41) is 21.4. The first-order valence-electron chi connectivity index (χ1n) is 8.29. The lowest BCUT2D eigenvalue weighted by Crippen LogP contribution is -2.52. The normalized spacial score (nSPS) is 13.7. The van der Waals surface area contributed by atoms with Crippen molar-refractivity contribution in [2.45, 2.75) is 19.3 Å². The Labute approximate surface area is 162 Å². The lowest BCUT2D eigenvalue weighted by atomic mass is 9.71. The van der Waals surface area contributed by atoms with Gasteiger partial charge in [0, 0.05) is 6.07 Å². The van der Waals surface area contributed by atoms with Crippen LogP contribution < -0.4 is 4.31 Å². The monoisotopic (exact) mass is 408 g/mol. The first kappa shape index (κ1) is 21.3. The molecule has 2 rings (SSSR count). The summed E-state index contributed by atoms with van der Waals surface area (Å²) < 4.78 is 34.4. The van der Waals surface area contributed by atoms with E-state index in [4.69, 9.17) is 0 Å². The highest BCUT2D eigenvalue weighted by Gasteiger charge is 2.47. The molecule has 0 saturated heterocycles. The summed E-state index contributed by atoms with van der Waals surface area (Å²) in [4.78, 5) is 22.9. The van der Waals surface area contributed by atoms with Gasteiger partial charge in [0.1, 0.15) is 11.1 Å². The van der Waals surface area contributed by atoms with Crippen LogP contribution in [0.4, 0.5) is 11.4 Å². The van der Waals surface area contributed by atoms with Crippen molar-refractivity contribution in [1.29, 1.82) is 0 Å². The second-order valence-corrected chi connectivity index (χ2v) is 7.86. The van der Waals surface area contributed by atoms with Crippen LogP contribution in [-0.2, 0) is 20.5 Å². The molecule has 0 spiro atoms. The first-order chi connectivity index (χ1) is 13.0. The molecule has 0 bridgehead atoms. The maximum absolute atomic E-state index is 12.3. The maximum atomic E-state index is 12.3. The van der Waals surface area contributed by atoms with Gasteiger partial charge in [0.15, 0.2) is 0 Å². The Bertz CT molecular complexity index is 976. The van der Waals surface area contributed by atoms with E-state index in [1.807, 2.05) is 0 Å². The molecule has 9 nitrogen and oxygen atoms in total. The molecule has 28 heavy (non-hydrogen) atoms. The predicted molar refractivity (Wildman–Crippen MR) is 103 cm³/mol. The molecular formula is C18H20N2O7S. The van der Waals surface area contributed by atoms with Crippen molar-refractivity contribution in [2.24, 2.45) is 5.92 Å². The van der Waals surface area contributed by atoms with Gasteiger partial charge in [0.05, 0.1) is 11.5 Å². The van der Waals surface area contributed by atoms with Crippen LogP contribution in [0.15, 0.2) is 54.6 Å². The Balaban J connectivity index is 2.75. The van der Waals surface area contributed by atoms with Gasteiger partial charge in [0.2, 0.25) is 0 Å². The number of para-hydroxylation sites is 2. The molecule has 2 aromatic carbocycles. The summed E-state index contributed by atoms with van der Waals surface area (Å²) in [6.45, 7) is 2.47. The number of carboxylic acids is 1. The smallest absolute Gasteiger partial charge is 0.360 e. The SMILES string of the molecule is CC(C)[C@](CN(c1ccccc1[N+](=O)[O-])S(=O)(=O)O)(C(=O)O)c1ccccc1. The fraction of sp³-hybridized carbons (Fsp3) is 0.278. The maximum Gasteiger partial charge on any atom is 0.360 e. The van der Waals surface area contributed by atoms with Crippen molar-refractivity contribution in [3.63, 3.8) is 0 Å². The van der Waals surface area contributed by atoms with Crippen molar-refractivity contribution in [1.82, 2.24) is 0 Å². The molecule has 0 radical (unpaired) electrons. The number of nitro benzene ring substituents is 1. The molecule has 0 aliphatic carbocycles. The Morgan fingerprint density at radius 3 is 2.14 bits per heavy atom. The van der Waals surface area contributed by atoms with Crippen LogP contribution in [0.1, 0.15) is 19.4 Å². The molecule has 0 aliphatic heterocycles. The molecule has 1 atom stereocenters. The Morgan fingerprint density at radius 1 is 1.14 bits per heavy atom. The quantitative estimate of drug-likeness (QED) is 0.389. The van der Waals surface area contributed by atoms with E-state index in [-0.39, 0.29) is 0 Å². The molecule has 0 aromatic heterocycles. The van der Waals surface area contributed by atoms with Gasteiger partial charge in [-0.15, -0.1) is 0 Å². The van der Waals surface area contributed by atoms with Crippen LogP contribution in [0.2, 0.25) is 0 Å². The third-order valence-electron chi connectivity index (χ3n) is 4.67. The van der Waals surface area contributed by atoms with Gasteiger partial charge in [-0.25, -0.2) is 4.31 Å². The Kier molecular flexibility index (Phi) is 6.05. The molecule has 0 aliphatic rings. The van der Waals surface area contributed by atoms with E-state index < -0.39 is 50.4 Å². The largest absolute Gasteiger partial charge is 0.481 e. The van der Waals surface area contributed by atoms with Gasteiger partial charge in [-0.3, -0.25) is 19.5 Å². The standard InChI is InChI=1S/C18H20N2O7S/c1-13(2)18(17(21)22,14-8-4-3-5-9-14)12-19(28(25,26)27)15-10-6-7-11-16(15)20(23)24/h3-11,13H,12H2,1-2H3,(H,21,22)(H,25,26,27)/t18-/m0/s1. The highest BCUT2D eigenvalue weighted by atomic mass is 32.2. The van der Waals surface area contributed by atoms with Gasteiger partial charge >= 0.3 is 16.3 Å². The van der Waals surface area contributed by atoms with E-state index in [0.29, 0.717) is 9.87 Å². The number of carbonyl (C=O) groups is 1. The highest BCUT2D eigenvalue weighted by Crippen LogP contribution is 2.38. The summed E-state index contributed by atoms with van der Waals surface area (Å²) >= 11 is 0. The van der Waals surface area contributed by atoms with Gasteiger partial charge in [-0.05, 0) is 17.5 Å². The van der Waals surface area contributed by atoms with E-state index in [0.717, 1.165) is 12.1 Å². The van der Waals surface area contributed by atoms with Crippen molar-refractivity contribution in [3.8, 4) is 0 Å². The molecule has 0 amide bonds. The van der Waals surface area contributed by atoms with E-state index in [1.54, 1.807) is 32.0 Å². The number of hydrogen-bond donors (Lipinski definition) is 2. The van der Waals surface area contributed by atoms with Crippen LogP contribution in [0.25, 0.3) is 0 Å². The Morgan fingerprint density at radius 2 is 1.68 bits per heavy atom. The molecule has 0 saturated carbocycles. The molecule has 0 heterocycles. The molecule has 2 N–H and O–H groups in total. The van der Waals surface area contributed by atoms with Crippen molar-refractivity contribution >= 4 is 27.6 Å². The molecule has 10 heteroatoms. The first-order valence-corrected chi connectivity index (χ1v) is 9.69. The van der Waals surface area contributed by atoms with Gasteiger partial charge in [-0.1, -0.05) is 56.3 Å². The number of aliphatic carboxylic acids is 1. The zero-order valence-corrected chi connectivity index (χ0v) is 16.0. The topological polar surface area (TPSA) is 138 Å². The van der Waals surface area contributed by atoms with Crippen LogP contribution >= 0.6 is 0 Å². The number of anilines is 1.